The first kappa shape index (κ1) is 12.0. The van der Waals surface area contributed by atoms with Crippen molar-refractivity contribution >= 4 is 0 Å². The molecule has 2 bridgehead atoms. The van der Waals surface area contributed by atoms with Gasteiger partial charge in [-0.15, -0.1) is 0 Å². The maximum absolute atomic E-state index is 6.39. The van der Waals surface area contributed by atoms with E-state index in [0.717, 1.165) is 18.4 Å². The summed E-state index contributed by atoms with van der Waals surface area (Å²) in [4.78, 5) is 0. The lowest BCUT2D eigenvalue weighted by Gasteiger charge is -2.46. The Hall–Kier alpha value is -0.0800. The summed E-state index contributed by atoms with van der Waals surface area (Å²) in [5.41, 5.74) is 0.316. The van der Waals surface area contributed by atoms with Crippen LogP contribution >= 0.6 is 0 Å². The monoisotopic (exact) mass is 238 g/mol. The van der Waals surface area contributed by atoms with Gasteiger partial charge in [0.2, 0.25) is 0 Å². The maximum atomic E-state index is 6.39. The third kappa shape index (κ3) is 1.60. The zero-order chi connectivity index (χ0) is 12.3. The fourth-order valence-electron chi connectivity index (χ4n) is 4.41. The Balaban J connectivity index is 1.89. The molecule has 0 radical (unpaired) electrons. The zero-order valence-electron chi connectivity index (χ0n) is 11.7. The van der Waals surface area contributed by atoms with E-state index in [1.807, 2.05) is 0 Å². The van der Waals surface area contributed by atoms with Gasteiger partial charge in [0.1, 0.15) is 0 Å². The van der Waals surface area contributed by atoms with Crippen LogP contribution in [-0.2, 0) is 9.47 Å². The Morgan fingerprint density at radius 3 is 2.47 bits per heavy atom. The van der Waals surface area contributed by atoms with Crippen LogP contribution < -0.4 is 0 Å². The molecule has 2 heterocycles. The van der Waals surface area contributed by atoms with Crippen LogP contribution in [0.25, 0.3) is 0 Å². The predicted molar refractivity (Wildman–Crippen MR) is 67.9 cm³/mol. The van der Waals surface area contributed by atoms with Gasteiger partial charge >= 0.3 is 0 Å². The number of hydrogen-bond donors (Lipinski definition) is 0. The lowest BCUT2D eigenvalue weighted by atomic mass is 9.60. The molecule has 17 heavy (non-hydrogen) atoms. The summed E-state index contributed by atoms with van der Waals surface area (Å²) in [5.74, 6) is 1.47. The second-order valence-electron chi connectivity index (χ2n) is 7.15. The van der Waals surface area contributed by atoms with E-state index < -0.39 is 0 Å². The van der Waals surface area contributed by atoms with Crippen molar-refractivity contribution in [1.82, 2.24) is 0 Å². The van der Waals surface area contributed by atoms with E-state index in [-0.39, 0.29) is 11.0 Å². The minimum atomic E-state index is 0.0787. The molecule has 1 aliphatic carbocycles. The fraction of sp³-hybridized carbons (Fsp3) is 1.00. The summed E-state index contributed by atoms with van der Waals surface area (Å²) in [6.07, 6.45) is 5.85. The summed E-state index contributed by atoms with van der Waals surface area (Å²) >= 11 is 0. The third-order valence-corrected chi connectivity index (χ3v) is 5.94. The van der Waals surface area contributed by atoms with Gasteiger partial charge in [0.25, 0.3) is 0 Å². The number of fused-ring (bicyclic) bond motifs is 2. The zero-order valence-corrected chi connectivity index (χ0v) is 11.7. The van der Waals surface area contributed by atoms with E-state index in [4.69, 9.17) is 9.47 Å². The minimum absolute atomic E-state index is 0.0787. The van der Waals surface area contributed by atoms with E-state index in [0.29, 0.717) is 12.2 Å². The van der Waals surface area contributed by atoms with Gasteiger partial charge in [0.15, 0.2) is 0 Å². The van der Waals surface area contributed by atoms with E-state index >= 15 is 0 Å². The van der Waals surface area contributed by atoms with Crippen LogP contribution in [-0.4, -0.2) is 24.4 Å². The molecule has 0 spiro atoms. The van der Waals surface area contributed by atoms with Gasteiger partial charge in [-0.2, -0.15) is 0 Å². The Kier molecular flexibility index (Phi) is 2.61. The number of ether oxygens (including phenoxy) is 2. The summed E-state index contributed by atoms with van der Waals surface area (Å²) < 4.78 is 12.4. The Morgan fingerprint density at radius 1 is 1.06 bits per heavy atom. The Bertz CT molecular complexity index is 306. The first-order valence-electron chi connectivity index (χ1n) is 7.24. The van der Waals surface area contributed by atoms with Crippen molar-refractivity contribution in [2.75, 3.05) is 6.61 Å². The highest BCUT2D eigenvalue weighted by molar-refractivity contribution is 5.07. The van der Waals surface area contributed by atoms with Crippen molar-refractivity contribution in [3.63, 3.8) is 0 Å². The summed E-state index contributed by atoms with van der Waals surface area (Å²) in [6.45, 7) is 10.3. The van der Waals surface area contributed by atoms with Crippen LogP contribution in [0.5, 0.6) is 0 Å². The molecule has 3 rings (SSSR count). The van der Waals surface area contributed by atoms with Gasteiger partial charge in [-0.05, 0) is 51.4 Å². The molecule has 98 valence electrons. The molecule has 0 N–H and O–H groups in total. The normalized spacial score (nSPS) is 52.9. The molecule has 2 aliphatic heterocycles. The predicted octanol–water partition coefficient (Wildman–Crippen LogP) is 3.40. The maximum Gasteiger partial charge on any atom is 0.0667 e. The second-order valence-corrected chi connectivity index (χ2v) is 7.15. The van der Waals surface area contributed by atoms with Crippen molar-refractivity contribution in [3.05, 3.63) is 0 Å². The van der Waals surface area contributed by atoms with Gasteiger partial charge in [-0.1, -0.05) is 13.8 Å². The van der Waals surface area contributed by atoms with Crippen LogP contribution in [0.15, 0.2) is 0 Å². The highest BCUT2D eigenvalue weighted by atomic mass is 16.5. The first-order valence-corrected chi connectivity index (χ1v) is 7.24. The molecule has 0 unspecified atom stereocenters. The molecule has 0 amide bonds. The second kappa shape index (κ2) is 3.71. The first-order chi connectivity index (χ1) is 7.94. The molecule has 0 aromatic heterocycles. The van der Waals surface area contributed by atoms with E-state index in [9.17, 15) is 0 Å². The lowest BCUT2D eigenvalue weighted by Crippen LogP contribution is -2.49. The molecular formula is C15H26O2. The van der Waals surface area contributed by atoms with Crippen molar-refractivity contribution in [2.24, 2.45) is 17.3 Å². The van der Waals surface area contributed by atoms with Crippen molar-refractivity contribution in [3.8, 4) is 0 Å². The molecule has 0 aromatic rings. The van der Waals surface area contributed by atoms with Crippen LogP contribution in [0, 0.1) is 17.3 Å². The molecule has 1 saturated carbocycles. The van der Waals surface area contributed by atoms with Gasteiger partial charge in [-0.3, -0.25) is 0 Å². The summed E-state index contributed by atoms with van der Waals surface area (Å²) in [7, 11) is 0. The van der Waals surface area contributed by atoms with E-state index in [2.05, 4.69) is 27.7 Å². The SMILES string of the molecule is C[C@@H]1C[C@@H]2C[C@@H](OC2(C)C)[C@@]1(C)[C@@H]1CCCO1. The lowest BCUT2D eigenvalue weighted by molar-refractivity contribution is -0.130. The number of rotatable bonds is 1. The van der Waals surface area contributed by atoms with Gasteiger partial charge < -0.3 is 9.47 Å². The quantitative estimate of drug-likeness (QED) is 0.697. The molecule has 2 nitrogen and oxygen atoms in total. The van der Waals surface area contributed by atoms with Crippen LogP contribution in [0.2, 0.25) is 0 Å². The summed E-state index contributed by atoms with van der Waals surface area (Å²) in [6, 6.07) is 0. The fourth-order valence-corrected chi connectivity index (χ4v) is 4.41. The van der Waals surface area contributed by atoms with Crippen molar-refractivity contribution in [2.45, 2.75) is 71.2 Å². The minimum Gasteiger partial charge on any atom is -0.378 e. The standard InChI is InChI=1S/C15H26O2/c1-10-8-11-9-13(17-14(11,2)3)15(10,4)12-6-5-7-16-12/h10-13H,5-9H2,1-4H3/t10-,11-,12+,13-,15-/m1/s1. The molecule has 2 heteroatoms. The molecule has 5 atom stereocenters. The Morgan fingerprint density at radius 2 is 1.82 bits per heavy atom. The molecular weight excluding hydrogens is 212 g/mol. The van der Waals surface area contributed by atoms with Crippen molar-refractivity contribution in [1.29, 1.82) is 0 Å². The van der Waals surface area contributed by atoms with Crippen LogP contribution in [0.3, 0.4) is 0 Å². The average molecular weight is 238 g/mol. The molecule has 0 aromatic carbocycles. The largest absolute Gasteiger partial charge is 0.378 e. The Labute approximate surface area is 105 Å². The van der Waals surface area contributed by atoms with Crippen LogP contribution in [0.4, 0.5) is 0 Å². The number of hydrogen-bond acceptors (Lipinski definition) is 2. The van der Waals surface area contributed by atoms with Gasteiger partial charge in [0.05, 0.1) is 17.8 Å². The van der Waals surface area contributed by atoms with Gasteiger partial charge in [0, 0.05) is 12.0 Å². The van der Waals surface area contributed by atoms with Crippen LogP contribution in [0.1, 0.15) is 53.4 Å². The van der Waals surface area contributed by atoms with E-state index in [1.165, 1.54) is 25.7 Å². The third-order valence-electron chi connectivity index (χ3n) is 5.94. The molecule has 2 saturated heterocycles. The molecule has 3 aliphatic rings. The summed E-state index contributed by atoms with van der Waals surface area (Å²) in [5, 5.41) is 0. The topological polar surface area (TPSA) is 18.5 Å². The van der Waals surface area contributed by atoms with E-state index in [1.54, 1.807) is 0 Å². The van der Waals surface area contributed by atoms with Gasteiger partial charge in [-0.25, -0.2) is 0 Å². The van der Waals surface area contributed by atoms with Crippen molar-refractivity contribution < 1.29 is 9.47 Å². The highest BCUT2D eigenvalue weighted by Gasteiger charge is 2.59. The highest BCUT2D eigenvalue weighted by Crippen LogP contribution is 2.57. The average Bonchev–Trinajstić information content (AvgIpc) is 2.84. The molecule has 3 fully saturated rings. The smallest absolute Gasteiger partial charge is 0.0667 e.